The highest BCUT2D eigenvalue weighted by Crippen LogP contribution is 2.21. The van der Waals surface area contributed by atoms with Gasteiger partial charge in [-0.15, -0.1) is 0 Å². The number of hydrogen-bond donors (Lipinski definition) is 1. The van der Waals surface area contributed by atoms with Gasteiger partial charge in [0.25, 0.3) is 0 Å². The van der Waals surface area contributed by atoms with E-state index in [-0.39, 0.29) is 18.4 Å². The van der Waals surface area contributed by atoms with Crippen LogP contribution in [0.4, 0.5) is 10.2 Å². The smallest absolute Gasteiger partial charge is 0.320 e. The molecule has 2 N–H and O–H groups in total. The quantitative estimate of drug-likeness (QED) is 0.789. The minimum atomic E-state index is -0.405. The van der Waals surface area contributed by atoms with Gasteiger partial charge in [0.2, 0.25) is 0 Å². The highest BCUT2D eigenvalue weighted by Gasteiger charge is 2.13. The molecule has 0 fully saturated rings. The second kappa shape index (κ2) is 5.88. The van der Waals surface area contributed by atoms with Crippen molar-refractivity contribution in [1.29, 1.82) is 5.26 Å². The molecule has 23 heavy (non-hydrogen) atoms. The fourth-order valence-corrected chi connectivity index (χ4v) is 2.20. The zero-order chi connectivity index (χ0) is 16.4. The van der Waals surface area contributed by atoms with Crippen molar-refractivity contribution < 1.29 is 9.13 Å². The minimum Gasteiger partial charge on any atom is -0.464 e. The van der Waals surface area contributed by atoms with E-state index in [0.717, 1.165) is 0 Å². The van der Waals surface area contributed by atoms with E-state index in [4.69, 9.17) is 15.7 Å². The Bertz CT molecular complexity index is 914. The predicted molar refractivity (Wildman–Crippen MR) is 81.1 cm³/mol. The Balaban J connectivity index is 2.05. The minimum absolute atomic E-state index is 0.144. The van der Waals surface area contributed by atoms with Gasteiger partial charge in [-0.05, 0) is 25.1 Å². The molecule has 0 bridgehead atoms. The number of nitrogens with two attached hydrogens (primary N) is 1. The fraction of sp³-hybridized carbons (Fsp3) is 0.200. The molecule has 2 aromatic heterocycles. The van der Waals surface area contributed by atoms with Crippen molar-refractivity contribution in [1.82, 2.24) is 19.5 Å². The zero-order valence-electron chi connectivity index (χ0n) is 12.3. The van der Waals surface area contributed by atoms with Crippen LogP contribution in [-0.2, 0) is 6.54 Å². The van der Waals surface area contributed by atoms with E-state index in [1.807, 2.05) is 13.0 Å². The number of nitriles is 1. The highest BCUT2D eigenvalue weighted by molar-refractivity contribution is 5.81. The number of nitrogens with zero attached hydrogens (tertiary/aromatic N) is 5. The summed E-state index contributed by atoms with van der Waals surface area (Å²) in [5.41, 5.74) is 7.46. The van der Waals surface area contributed by atoms with Crippen LogP contribution in [0.15, 0.2) is 24.5 Å². The van der Waals surface area contributed by atoms with Crippen LogP contribution >= 0.6 is 0 Å². The molecule has 0 aliphatic rings. The third-order valence-electron chi connectivity index (χ3n) is 3.26. The van der Waals surface area contributed by atoms with Gasteiger partial charge >= 0.3 is 6.01 Å². The van der Waals surface area contributed by atoms with Crippen molar-refractivity contribution in [2.24, 2.45) is 0 Å². The van der Waals surface area contributed by atoms with E-state index in [9.17, 15) is 4.39 Å². The molecule has 0 amide bonds. The second-order valence-corrected chi connectivity index (χ2v) is 4.79. The van der Waals surface area contributed by atoms with Crippen molar-refractivity contribution >= 4 is 17.0 Å². The first-order chi connectivity index (χ1) is 11.1. The van der Waals surface area contributed by atoms with E-state index in [0.29, 0.717) is 28.9 Å². The number of rotatable bonds is 4. The van der Waals surface area contributed by atoms with Crippen LogP contribution in [0.25, 0.3) is 11.2 Å². The average Bonchev–Trinajstić information content (AvgIpc) is 2.93. The van der Waals surface area contributed by atoms with Crippen LogP contribution in [0, 0.1) is 17.1 Å². The summed E-state index contributed by atoms with van der Waals surface area (Å²) in [6.45, 7) is 2.38. The molecule has 0 unspecified atom stereocenters. The van der Waals surface area contributed by atoms with Gasteiger partial charge in [0, 0.05) is 5.56 Å². The molecule has 0 radical (unpaired) electrons. The molecule has 3 rings (SSSR count). The van der Waals surface area contributed by atoms with Crippen LogP contribution in [0.1, 0.15) is 18.1 Å². The van der Waals surface area contributed by atoms with Crippen molar-refractivity contribution in [2.45, 2.75) is 13.5 Å². The van der Waals surface area contributed by atoms with Crippen molar-refractivity contribution in [2.75, 3.05) is 12.3 Å². The summed E-state index contributed by atoms with van der Waals surface area (Å²) in [5, 5.41) is 8.94. The molecule has 0 saturated heterocycles. The maximum atomic E-state index is 14.0. The normalized spacial score (nSPS) is 10.7. The summed E-state index contributed by atoms with van der Waals surface area (Å²) >= 11 is 0. The third kappa shape index (κ3) is 2.76. The molecule has 116 valence electrons. The largest absolute Gasteiger partial charge is 0.464 e. The molecule has 0 aliphatic carbocycles. The summed E-state index contributed by atoms with van der Waals surface area (Å²) in [7, 11) is 0. The lowest BCUT2D eigenvalue weighted by Gasteiger charge is -2.07. The fourth-order valence-electron chi connectivity index (χ4n) is 2.20. The van der Waals surface area contributed by atoms with E-state index >= 15 is 0 Å². The number of ether oxygens (including phenoxy) is 1. The molecule has 0 saturated carbocycles. The molecule has 7 nitrogen and oxygen atoms in total. The van der Waals surface area contributed by atoms with Gasteiger partial charge in [-0.2, -0.15) is 15.2 Å². The Morgan fingerprint density at radius 1 is 1.39 bits per heavy atom. The van der Waals surface area contributed by atoms with Crippen LogP contribution in [0.2, 0.25) is 0 Å². The van der Waals surface area contributed by atoms with Crippen LogP contribution < -0.4 is 10.5 Å². The van der Waals surface area contributed by atoms with Gasteiger partial charge < -0.3 is 15.0 Å². The molecule has 0 aliphatic heterocycles. The Hall–Kier alpha value is -3.21. The Kier molecular flexibility index (Phi) is 3.76. The number of imidazole rings is 1. The van der Waals surface area contributed by atoms with Crippen molar-refractivity contribution in [3.8, 4) is 12.1 Å². The average molecular weight is 312 g/mol. The SMILES string of the molecule is CCOc1nc(N)c2ncn(Cc3cc(C#N)ccc3F)c2n1. The van der Waals surface area contributed by atoms with Crippen LogP contribution in [0.3, 0.4) is 0 Å². The highest BCUT2D eigenvalue weighted by atomic mass is 19.1. The standard InChI is InChI=1S/C15H13FN6O/c1-2-23-15-20-13(18)12-14(21-15)22(8-19-12)7-10-5-9(6-17)3-4-11(10)16/h3-5,8H,2,7H2,1H3,(H2,18,20,21). The first-order valence-electron chi connectivity index (χ1n) is 6.92. The molecule has 0 spiro atoms. The summed E-state index contributed by atoms with van der Waals surface area (Å²) in [6, 6.07) is 6.32. The first kappa shape index (κ1) is 14.7. The number of anilines is 1. The van der Waals surface area contributed by atoms with Gasteiger partial charge in [-0.3, -0.25) is 0 Å². The van der Waals surface area contributed by atoms with E-state index in [1.54, 1.807) is 4.57 Å². The summed E-state index contributed by atoms with van der Waals surface area (Å²) in [6.07, 6.45) is 1.50. The monoisotopic (exact) mass is 312 g/mol. The Morgan fingerprint density at radius 2 is 2.22 bits per heavy atom. The zero-order valence-corrected chi connectivity index (χ0v) is 12.3. The van der Waals surface area contributed by atoms with Crippen LogP contribution in [-0.4, -0.2) is 26.1 Å². The number of nitrogen functional groups attached to an aromatic ring is 1. The number of hydrogen-bond acceptors (Lipinski definition) is 6. The molecular weight excluding hydrogens is 299 g/mol. The van der Waals surface area contributed by atoms with Gasteiger partial charge in [-0.1, -0.05) is 0 Å². The lowest BCUT2D eigenvalue weighted by Crippen LogP contribution is -2.05. The van der Waals surface area contributed by atoms with Crippen molar-refractivity contribution in [3.05, 3.63) is 41.5 Å². The van der Waals surface area contributed by atoms with E-state index in [1.165, 1.54) is 24.5 Å². The number of benzene rings is 1. The van der Waals surface area contributed by atoms with Gasteiger partial charge in [-0.25, -0.2) is 9.37 Å². The lowest BCUT2D eigenvalue weighted by molar-refractivity contribution is 0.314. The van der Waals surface area contributed by atoms with Gasteiger partial charge in [0.05, 0.1) is 31.1 Å². The van der Waals surface area contributed by atoms with Gasteiger partial charge in [0.1, 0.15) is 5.82 Å². The molecule has 0 atom stereocenters. The number of aromatic nitrogens is 4. The third-order valence-corrected chi connectivity index (χ3v) is 3.26. The maximum absolute atomic E-state index is 14.0. The van der Waals surface area contributed by atoms with Gasteiger partial charge in [0.15, 0.2) is 17.0 Å². The molecule has 3 aromatic rings. The maximum Gasteiger partial charge on any atom is 0.320 e. The Labute approximate surface area is 131 Å². The van der Waals surface area contributed by atoms with E-state index < -0.39 is 5.82 Å². The van der Waals surface area contributed by atoms with E-state index in [2.05, 4.69) is 15.0 Å². The first-order valence-corrected chi connectivity index (χ1v) is 6.92. The number of halogens is 1. The predicted octanol–water partition coefficient (Wildman–Crippen LogP) is 1.87. The van der Waals surface area contributed by atoms with Crippen molar-refractivity contribution in [3.63, 3.8) is 0 Å². The second-order valence-electron chi connectivity index (χ2n) is 4.79. The lowest BCUT2D eigenvalue weighted by atomic mass is 10.1. The molecular formula is C15H13FN6O. The van der Waals surface area contributed by atoms with Crippen LogP contribution in [0.5, 0.6) is 6.01 Å². The summed E-state index contributed by atoms with van der Waals surface area (Å²) in [5.74, 6) is -0.207. The topological polar surface area (TPSA) is 103 Å². The molecule has 1 aromatic carbocycles. The number of fused-ring (bicyclic) bond motifs is 1. The molecule has 8 heteroatoms. The summed E-state index contributed by atoms with van der Waals surface area (Å²) in [4.78, 5) is 12.4. The Morgan fingerprint density at radius 3 is 2.96 bits per heavy atom. The molecule has 2 heterocycles. The summed E-state index contributed by atoms with van der Waals surface area (Å²) < 4.78 is 20.9.